The summed E-state index contributed by atoms with van der Waals surface area (Å²) in [4.78, 5) is 1.99. The molecule has 1 aromatic rings. The van der Waals surface area contributed by atoms with Crippen molar-refractivity contribution in [2.75, 3.05) is 25.0 Å². The molecule has 6 N–H and O–H groups in total. The molecule has 1 unspecified atom stereocenters. The molecule has 0 saturated carbocycles. The number of anilines is 1. The summed E-state index contributed by atoms with van der Waals surface area (Å²) in [6, 6.07) is 7.85. The zero-order valence-corrected chi connectivity index (χ0v) is 13.2. The Kier molecular flexibility index (Phi) is 5.77. The SMILES string of the molecule is CC1CCCN(C(=N)NC(=N)Nc2ccc(CCN)cc2)C1. The van der Waals surface area contributed by atoms with Gasteiger partial charge in [-0.05, 0) is 49.4 Å². The average molecular weight is 302 g/mol. The van der Waals surface area contributed by atoms with Gasteiger partial charge in [-0.2, -0.15) is 0 Å². The number of hydrogen-bond acceptors (Lipinski definition) is 3. The van der Waals surface area contributed by atoms with Gasteiger partial charge in [-0.3, -0.25) is 16.1 Å². The number of likely N-dealkylation sites (tertiary alicyclic amines) is 1. The third-order valence-electron chi connectivity index (χ3n) is 3.87. The molecule has 1 aliphatic rings. The minimum atomic E-state index is 0.120. The maximum atomic E-state index is 8.08. The van der Waals surface area contributed by atoms with Crippen molar-refractivity contribution in [2.24, 2.45) is 11.7 Å². The summed E-state index contributed by atoms with van der Waals surface area (Å²) in [5, 5.41) is 21.8. The van der Waals surface area contributed by atoms with Crippen molar-refractivity contribution < 1.29 is 0 Å². The van der Waals surface area contributed by atoms with Crippen molar-refractivity contribution in [3.8, 4) is 0 Å². The first-order chi connectivity index (χ1) is 10.6. The predicted molar refractivity (Wildman–Crippen MR) is 91.4 cm³/mol. The van der Waals surface area contributed by atoms with Crippen LogP contribution in [0.2, 0.25) is 0 Å². The molecule has 1 aromatic carbocycles. The molecule has 6 heteroatoms. The van der Waals surface area contributed by atoms with E-state index in [1.165, 1.54) is 12.0 Å². The monoisotopic (exact) mass is 302 g/mol. The maximum Gasteiger partial charge on any atom is 0.199 e. The fourth-order valence-corrected chi connectivity index (χ4v) is 2.69. The van der Waals surface area contributed by atoms with Crippen molar-refractivity contribution >= 4 is 17.6 Å². The summed E-state index contributed by atoms with van der Waals surface area (Å²) in [6.45, 7) is 4.60. The molecule has 0 spiro atoms. The van der Waals surface area contributed by atoms with Crippen LogP contribution in [0.25, 0.3) is 0 Å². The molecule has 22 heavy (non-hydrogen) atoms. The molecule has 2 rings (SSSR count). The zero-order chi connectivity index (χ0) is 15.9. The maximum absolute atomic E-state index is 8.08. The Labute approximate surface area is 132 Å². The lowest BCUT2D eigenvalue weighted by Gasteiger charge is -2.32. The van der Waals surface area contributed by atoms with E-state index in [0.717, 1.165) is 31.6 Å². The first kappa shape index (κ1) is 16.3. The van der Waals surface area contributed by atoms with Crippen LogP contribution in [0.5, 0.6) is 0 Å². The molecule has 1 saturated heterocycles. The molecule has 0 aliphatic carbocycles. The van der Waals surface area contributed by atoms with Gasteiger partial charge in [0.15, 0.2) is 11.9 Å². The van der Waals surface area contributed by atoms with E-state index in [-0.39, 0.29) is 5.96 Å². The van der Waals surface area contributed by atoms with E-state index in [2.05, 4.69) is 17.6 Å². The predicted octanol–water partition coefficient (Wildman–Crippen LogP) is 1.79. The fraction of sp³-hybridized carbons (Fsp3) is 0.500. The van der Waals surface area contributed by atoms with Gasteiger partial charge in [-0.25, -0.2) is 0 Å². The van der Waals surface area contributed by atoms with Gasteiger partial charge in [-0.15, -0.1) is 0 Å². The van der Waals surface area contributed by atoms with Crippen LogP contribution in [-0.4, -0.2) is 36.5 Å². The summed E-state index contributed by atoms with van der Waals surface area (Å²) in [5.74, 6) is 1.02. The van der Waals surface area contributed by atoms with Crippen LogP contribution in [0.4, 0.5) is 5.69 Å². The van der Waals surface area contributed by atoms with Crippen molar-refractivity contribution in [1.29, 1.82) is 10.8 Å². The highest BCUT2D eigenvalue weighted by Gasteiger charge is 2.19. The standard InChI is InChI=1S/C16H26N6/c1-12-3-2-10-22(11-12)16(19)21-15(18)20-14-6-4-13(5-7-14)8-9-17/h4-7,12H,2-3,8-11,17H2,1H3,(H4,18,19,20,21). The largest absolute Gasteiger partial charge is 0.343 e. The summed E-state index contributed by atoms with van der Waals surface area (Å²) < 4.78 is 0. The van der Waals surface area contributed by atoms with E-state index in [4.69, 9.17) is 16.6 Å². The highest BCUT2D eigenvalue weighted by atomic mass is 15.3. The number of nitrogens with one attached hydrogen (secondary N) is 4. The van der Waals surface area contributed by atoms with Crippen LogP contribution in [-0.2, 0) is 6.42 Å². The second kappa shape index (κ2) is 7.79. The Bertz CT molecular complexity index is 510. The van der Waals surface area contributed by atoms with E-state index in [9.17, 15) is 0 Å². The normalized spacial score (nSPS) is 17.9. The molecule has 0 bridgehead atoms. The van der Waals surface area contributed by atoms with Crippen LogP contribution >= 0.6 is 0 Å². The highest BCUT2D eigenvalue weighted by Crippen LogP contribution is 2.15. The molecular formula is C16H26N6. The molecule has 1 heterocycles. The number of guanidine groups is 2. The van der Waals surface area contributed by atoms with Gasteiger partial charge in [0.2, 0.25) is 0 Å². The number of hydrogen-bond donors (Lipinski definition) is 5. The second-order valence-electron chi connectivity index (χ2n) is 5.90. The lowest BCUT2D eigenvalue weighted by atomic mass is 10.0. The lowest BCUT2D eigenvalue weighted by molar-refractivity contribution is 0.267. The van der Waals surface area contributed by atoms with Crippen molar-refractivity contribution in [1.82, 2.24) is 10.2 Å². The fourth-order valence-electron chi connectivity index (χ4n) is 2.69. The minimum absolute atomic E-state index is 0.120. The van der Waals surface area contributed by atoms with Crippen molar-refractivity contribution in [3.05, 3.63) is 29.8 Å². The number of nitrogens with zero attached hydrogens (tertiary/aromatic N) is 1. The van der Waals surface area contributed by atoms with Gasteiger partial charge in [0.25, 0.3) is 0 Å². The molecule has 120 valence electrons. The lowest BCUT2D eigenvalue weighted by Crippen LogP contribution is -2.48. The van der Waals surface area contributed by atoms with Gasteiger partial charge in [0.1, 0.15) is 0 Å². The molecule has 1 fully saturated rings. The molecule has 0 amide bonds. The van der Waals surface area contributed by atoms with Crippen LogP contribution < -0.4 is 16.4 Å². The molecule has 0 aromatic heterocycles. The Balaban J connectivity index is 1.82. The van der Waals surface area contributed by atoms with Crippen LogP contribution in [0, 0.1) is 16.7 Å². The quantitative estimate of drug-likeness (QED) is 0.434. The Morgan fingerprint density at radius 2 is 2.05 bits per heavy atom. The molecule has 0 radical (unpaired) electrons. The van der Waals surface area contributed by atoms with E-state index in [0.29, 0.717) is 18.4 Å². The summed E-state index contributed by atoms with van der Waals surface area (Å²) >= 11 is 0. The minimum Gasteiger partial charge on any atom is -0.343 e. The van der Waals surface area contributed by atoms with Crippen molar-refractivity contribution in [2.45, 2.75) is 26.2 Å². The Morgan fingerprint density at radius 3 is 2.68 bits per heavy atom. The van der Waals surface area contributed by atoms with Gasteiger partial charge in [0.05, 0.1) is 0 Å². The van der Waals surface area contributed by atoms with Gasteiger partial charge < -0.3 is 16.0 Å². The van der Waals surface area contributed by atoms with Crippen LogP contribution in [0.1, 0.15) is 25.3 Å². The van der Waals surface area contributed by atoms with E-state index in [1.807, 2.05) is 29.2 Å². The topological polar surface area (TPSA) is 101 Å². The Hall–Kier alpha value is -2.08. The highest BCUT2D eigenvalue weighted by molar-refractivity contribution is 6.02. The number of rotatable bonds is 3. The van der Waals surface area contributed by atoms with E-state index in [1.54, 1.807) is 0 Å². The zero-order valence-electron chi connectivity index (χ0n) is 13.2. The summed E-state index contributed by atoms with van der Waals surface area (Å²) in [5.41, 5.74) is 7.54. The van der Waals surface area contributed by atoms with E-state index < -0.39 is 0 Å². The first-order valence-electron chi connectivity index (χ1n) is 7.83. The Morgan fingerprint density at radius 1 is 1.32 bits per heavy atom. The molecule has 1 aliphatic heterocycles. The number of benzene rings is 1. The van der Waals surface area contributed by atoms with Crippen molar-refractivity contribution in [3.63, 3.8) is 0 Å². The third-order valence-corrected chi connectivity index (χ3v) is 3.87. The van der Waals surface area contributed by atoms with Gasteiger partial charge in [0, 0.05) is 18.8 Å². The molecule has 6 nitrogen and oxygen atoms in total. The van der Waals surface area contributed by atoms with Crippen LogP contribution in [0.3, 0.4) is 0 Å². The summed E-state index contributed by atoms with van der Waals surface area (Å²) in [6.07, 6.45) is 3.18. The number of piperidine rings is 1. The average Bonchev–Trinajstić information content (AvgIpc) is 2.49. The smallest absolute Gasteiger partial charge is 0.199 e. The molecular weight excluding hydrogens is 276 g/mol. The third kappa shape index (κ3) is 4.73. The van der Waals surface area contributed by atoms with Crippen LogP contribution in [0.15, 0.2) is 24.3 Å². The van der Waals surface area contributed by atoms with Gasteiger partial charge >= 0.3 is 0 Å². The number of nitrogens with two attached hydrogens (primary N) is 1. The van der Waals surface area contributed by atoms with Gasteiger partial charge in [-0.1, -0.05) is 19.1 Å². The van der Waals surface area contributed by atoms with E-state index >= 15 is 0 Å². The summed E-state index contributed by atoms with van der Waals surface area (Å²) in [7, 11) is 0. The molecule has 1 atom stereocenters. The second-order valence-corrected chi connectivity index (χ2v) is 5.90. The first-order valence-corrected chi connectivity index (χ1v) is 7.83.